The SMILES string of the molecule is C=CC.C=CC.C=CC.C=CC.CC(C)(C)c1ccccc1C(=O)OCCOC(=O)c1ccccc1C(C)(C)C. The monoisotopic (exact) mass is 550 g/mol. The Labute approximate surface area is 245 Å². The Morgan fingerprint density at radius 1 is 0.575 bits per heavy atom. The summed E-state index contributed by atoms with van der Waals surface area (Å²) in [4.78, 5) is 24.9. The average Bonchev–Trinajstić information content (AvgIpc) is 2.87. The van der Waals surface area contributed by atoms with E-state index in [2.05, 4.69) is 26.3 Å². The maximum Gasteiger partial charge on any atom is 0.338 e. The Morgan fingerprint density at radius 3 is 1.02 bits per heavy atom. The van der Waals surface area contributed by atoms with Gasteiger partial charge in [-0.25, -0.2) is 9.59 Å². The molecule has 0 radical (unpaired) electrons. The molecule has 2 aromatic rings. The van der Waals surface area contributed by atoms with E-state index in [1.54, 1.807) is 36.4 Å². The molecule has 0 aliphatic rings. The molecule has 0 heterocycles. The first-order valence-electron chi connectivity index (χ1n) is 13.5. The fraction of sp³-hybridized carbons (Fsp3) is 0.389. The van der Waals surface area contributed by atoms with Crippen molar-refractivity contribution in [3.8, 4) is 0 Å². The number of carbonyl (C=O) groups excluding carboxylic acids is 2. The Hall–Kier alpha value is -3.66. The van der Waals surface area contributed by atoms with Gasteiger partial charge in [-0.05, 0) is 61.8 Å². The minimum atomic E-state index is -0.406. The highest BCUT2D eigenvalue weighted by Crippen LogP contribution is 2.27. The van der Waals surface area contributed by atoms with E-state index in [9.17, 15) is 9.59 Å². The quantitative estimate of drug-likeness (QED) is 0.211. The molecule has 0 amide bonds. The van der Waals surface area contributed by atoms with Crippen LogP contribution in [-0.4, -0.2) is 25.2 Å². The zero-order valence-electron chi connectivity index (χ0n) is 26.8. The second-order valence-corrected chi connectivity index (χ2v) is 10.5. The summed E-state index contributed by atoms with van der Waals surface area (Å²) in [5.41, 5.74) is 2.60. The van der Waals surface area contributed by atoms with E-state index in [0.29, 0.717) is 11.1 Å². The number of rotatable bonds is 5. The van der Waals surface area contributed by atoms with Crippen LogP contribution in [0.15, 0.2) is 99.2 Å². The van der Waals surface area contributed by atoms with E-state index >= 15 is 0 Å². The molecule has 2 rings (SSSR count). The lowest BCUT2D eigenvalue weighted by atomic mass is 9.84. The van der Waals surface area contributed by atoms with Crippen LogP contribution in [0.4, 0.5) is 0 Å². The topological polar surface area (TPSA) is 52.6 Å². The number of hydrogen-bond acceptors (Lipinski definition) is 4. The van der Waals surface area contributed by atoms with Crippen molar-refractivity contribution in [2.45, 2.75) is 80.1 Å². The van der Waals surface area contributed by atoms with Crippen LogP contribution < -0.4 is 0 Å². The molecule has 0 spiro atoms. The Bertz CT molecular complexity index is 922. The molecular formula is C36H54O4. The van der Waals surface area contributed by atoms with Gasteiger partial charge < -0.3 is 9.47 Å². The highest BCUT2D eigenvalue weighted by molar-refractivity contribution is 5.92. The molecule has 0 saturated carbocycles. The lowest BCUT2D eigenvalue weighted by molar-refractivity contribution is 0.0263. The molecule has 0 fully saturated rings. The van der Waals surface area contributed by atoms with Crippen LogP contribution >= 0.6 is 0 Å². The van der Waals surface area contributed by atoms with Crippen LogP contribution in [0.25, 0.3) is 0 Å². The second kappa shape index (κ2) is 23.2. The molecule has 0 aromatic heterocycles. The molecule has 222 valence electrons. The summed E-state index contributed by atoms with van der Waals surface area (Å²) in [6.45, 7) is 33.3. The van der Waals surface area contributed by atoms with E-state index in [-0.39, 0.29) is 24.0 Å². The first kappa shape index (κ1) is 40.8. The number of benzene rings is 2. The molecule has 0 N–H and O–H groups in total. The van der Waals surface area contributed by atoms with Crippen LogP contribution in [0, 0.1) is 0 Å². The standard InChI is InChI=1S/C24H30O4.4C3H6/c1-23(2,3)19-13-9-7-11-17(19)21(25)27-15-16-28-22(26)18-12-8-10-14-20(18)24(4,5)6;4*1-3-2/h7-14H,15-16H2,1-6H3;4*3H,1H2,2H3. The maximum atomic E-state index is 12.4. The number of hydrogen-bond donors (Lipinski definition) is 0. The number of carbonyl (C=O) groups is 2. The molecule has 0 atom stereocenters. The van der Waals surface area contributed by atoms with Gasteiger partial charge >= 0.3 is 11.9 Å². The predicted octanol–water partition coefficient (Wildman–Crippen LogP) is 10.1. The molecule has 0 aliphatic heterocycles. The van der Waals surface area contributed by atoms with Crippen molar-refractivity contribution in [1.29, 1.82) is 0 Å². The summed E-state index contributed by atoms with van der Waals surface area (Å²) in [7, 11) is 0. The lowest BCUT2D eigenvalue weighted by Crippen LogP contribution is -2.21. The third-order valence-corrected chi connectivity index (χ3v) is 4.46. The Balaban J connectivity index is -0.000000974. The van der Waals surface area contributed by atoms with Gasteiger partial charge in [0.25, 0.3) is 0 Å². The summed E-state index contributed by atoms with van der Waals surface area (Å²) in [6, 6.07) is 14.8. The smallest absolute Gasteiger partial charge is 0.338 e. The summed E-state index contributed by atoms with van der Waals surface area (Å²) in [6.07, 6.45) is 7.00. The van der Waals surface area contributed by atoms with Gasteiger partial charge in [-0.15, -0.1) is 26.3 Å². The molecule has 2 aromatic carbocycles. The fourth-order valence-electron chi connectivity index (χ4n) is 3.05. The zero-order chi connectivity index (χ0) is 31.8. The summed E-state index contributed by atoms with van der Waals surface area (Å²) < 4.78 is 10.7. The van der Waals surface area contributed by atoms with Crippen molar-refractivity contribution in [2.75, 3.05) is 13.2 Å². The van der Waals surface area contributed by atoms with E-state index in [0.717, 1.165) is 11.1 Å². The number of ether oxygens (including phenoxy) is 2. The summed E-state index contributed by atoms with van der Waals surface area (Å²) in [5.74, 6) is -0.812. The lowest BCUT2D eigenvalue weighted by Gasteiger charge is -2.22. The van der Waals surface area contributed by atoms with Gasteiger partial charge in [0.15, 0.2) is 0 Å². The van der Waals surface area contributed by atoms with Crippen LogP contribution in [0.3, 0.4) is 0 Å². The van der Waals surface area contributed by atoms with Gasteiger partial charge in [-0.1, -0.05) is 102 Å². The normalized spacial score (nSPS) is 9.55. The Morgan fingerprint density at radius 2 is 0.800 bits per heavy atom. The molecule has 0 unspecified atom stereocenters. The minimum absolute atomic E-state index is 0.0146. The summed E-state index contributed by atoms with van der Waals surface area (Å²) >= 11 is 0. The third-order valence-electron chi connectivity index (χ3n) is 4.46. The van der Waals surface area contributed by atoms with Crippen molar-refractivity contribution < 1.29 is 19.1 Å². The van der Waals surface area contributed by atoms with E-state index in [1.807, 2.05) is 106 Å². The minimum Gasteiger partial charge on any atom is -0.458 e. The highest BCUT2D eigenvalue weighted by atomic mass is 16.6. The third kappa shape index (κ3) is 18.6. The molecule has 0 aliphatic carbocycles. The van der Waals surface area contributed by atoms with Crippen LogP contribution in [-0.2, 0) is 20.3 Å². The van der Waals surface area contributed by atoms with E-state index in [4.69, 9.17) is 9.47 Å². The van der Waals surface area contributed by atoms with Gasteiger partial charge in [0.1, 0.15) is 13.2 Å². The highest BCUT2D eigenvalue weighted by Gasteiger charge is 2.23. The van der Waals surface area contributed by atoms with Gasteiger partial charge in [0, 0.05) is 0 Å². The van der Waals surface area contributed by atoms with Crippen molar-refractivity contribution in [3.63, 3.8) is 0 Å². The predicted molar refractivity (Wildman–Crippen MR) is 174 cm³/mol. The zero-order valence-corrected chi connectivity index (χ0v) is 26.8. The van der Waals surface area contributed by atoms with Crippen molar-refractivity contribution >= 4 is 11.9 Å². The van der Waals surface area contributed by atoms with Crippen molar-refractivity contribution in [2.24, 2.45) is 0 Å². The van der Waals surface area contributed by atoms with Crippen molar-refractivity contribution in [1.82, 2.24) is 0 Å². The van der Waals surface area contributed by atoms with E-state index < -0.39 is 11.9 Å². The van der Waals surface area contributed by atoms with Gasteiger partial charge in [0.2, 0.25) is 0 Å². The molecule has 4 heteroatoms. The largest absolute Gasteiger partial charge is 0.458 e. The van der Waals surface area contributed by atoms with Crippen LogP contribution in [0.2, 0.25) is 0 Å². The van der Waals surface area contributed by atoms with Gasteiger partial charge in [0.05, 0.1) is 11.1 Å². The van der Waals surface area contributed by atoms with Crippen molar-refractivity contribution in [3.05, 3.63) is 121 Å². The Kier molecular flexibility index (Phi) is 23.7. The molecule has 4 nitrogen and oxygen atoms in total. The second-order valence-electron chi connectivity index (χ2n) is 10.5. The first-order chi connectivity index (χ1) is 18.7. The van der Waals surface area contributed by atoms with Gasteiger partial charge in [-0.2, -0.15) is 0 Å². The van der Waals surface area contributed by atoms with Crippen LogP contribution in [0.1, 0.15) is 101 Å². The molecule has 0 bridgehead atoms. The maximum absolute atomic E-state index is 12.4. The first-order valence-corrected chi connectivity index (χ1v) is 13.5. The molecule has 0 saturated heterocycles. The molecule has 40 heavy (non-hydrogen) atoms. The van der Waals surface area contributed by atoms with Gasteiger partial charge in [-0.3, -0.25) is 0 Å². The average molecular weight is 551 g/mol. The van der Waals surface area contributed by atoms with Crippen LogP contribution in [0.5, 0.6) is 0 Å². The fourth-order valence-corrected chi connectivity index (χ4v) is 3.05. The van der Waals surface area contributed by atoms with E-state index in [1.165, 1.54) is 0 Å². The number of allylic oxidation sites excluding steroid dienone is 4. The number of esters is 2. The molecular weight excluding hydrogens is 496 g/mol. The summed E-state index contributed by atoms with van der Waals surface area (Å²) in [5, 5.41) is 0.